The first-order valence-electron chi connectivity index (χ1n) is 5.56. The van der Waals surface area contributed by atoms with Crippen molar-refractivity contribution in [1.82, 2.24) is 5.32 Å². The maximum atomic E-state index is 5.51. The van der Waals surface area contributed by atoms with E-state index < -0.39 is 0 Å². The Bertz CT molecular complexity index is 476. The molecule has 1 heterocycles. The average Bonchev–Trinajstić information content (AvgIpc) is 2.60. The third-order valence-electron chi connectivity index (χ3n) is 2.56. The zero-order valence-electron chi connectivity index (χ0n) is 9.59. The van der Waals surface area contributed by atoms with Crippen molar-refractivity contribution in [2.24, 2.45) is 0 Å². The molecule has 0 unspecified atom stereocenters. The van der Waals surface area contributed by atoms with Gasteiger partial charge in [-0.2, -0.15) is 0 Å². The van der Waals surface area contributed by atoms with Crippen molar-refractivity contribution in [2.75, 3.05) is 6.54 Å². The standard InChI is InChI=1S/C13H16BrNO/c1-9(2)15-6-5-10-8-16-13-4-3-11(14)7-12(10)13/h3-4,7-9,15H,5-6H2,1-2H3. The Kier molecular flexibility index (Phi) is 3.66. The molecule has 0 spiro atoms. The fourth-order valence-corrected chi connectivity index (χ4v) is 2.10. The van der Waals surface area contributed by atoms with Crippen molar-refractivity contribution < 1.29 is 4.42 Å². The largest absolute Gasteiger partial charge is 0.464 e. The van der Waals surface area contributed by atoms with Crippen molar-refractivity contribution >= 4 is 26.9 Å². The molecule has 3 heteroatoms. The highest BCUT2D eigenvalue weighted by atomic mass is 79.9. The molecular formula is C13H16BrNO. The summed E-state index contributed by atoms with van der Waals surface area (Å²) < 4.78 is 6.61. The predicted molar refractivity (Wildman–Crippen MR) is 70.8 cm³/mol. The summed E-state index contributed by atoms with van der Waals surface area (Å²) in [4.78, 5) is 0. The topological polar surface area (TPSA) is 25.2 Å². The van der Waals surface area contributed by atoms with Gasteiger partial charge in [0.2, 0.25) is 0 Å². The van der Waals surface area contributed by atoms with Crippen LogP contribution in [0, 0.1) is 0 Å². The van der Waals surface area contributed by atoms with Crippen LogP contribution in [0.3, 0.4) is 0 Å². The molecule has 0 bridgehead atoms. The first-order valence-corrected chi connectivity index (χ1v) is 6.35. The van der Waals surface area contributed by atoms with Gasteiger partial charge in [-0.05, 0) is 36.7 Å². The van der Waals surface area contributed by atoms with E-state index in [1.165, 1.54) is 10.9 Å². The highest BCUT2D eigenvalue weighted by Crippen LogP contribution is 2.25. The van der Waals surface area contributed by atoms with E-state index >= 15 is 0 Å². The summed E-state index contributed by atoms with van der Waals surface area (Å²) in [6, 6.07) is 6.65. The van der Waals surface area contributed by atoms with Gasteiger partial charge in [-0.3, -0.25) is 0 Å². The average molecular weight is 282 g/mol. The molecule has 16 heavy (non-hydrogen) atoms. The maximum absolute atomic E-state index is 5.51. The van der Waals surface area contributed by atoms with E-state index in [4.69, 9.17) is 4.42 Å². The lowest BCUT2D eigenvalue weighted by molar-refractivity contribution is 0.580. The van der Waals surface area contributed by atoms with Gasteiger partial charge in [0.05, 0.1) is 6.26 Å². The smallest absolute Gasteiger partial charge is 0.134 e. The van der Waals surface area contributed by atoms with E-state index in [-0.39, 0.29) is 0 Å². The molecule has 0 radical (unpaired) electrons. The minimum atomic E-state index is 0.532. The first kappa shape index (κ1) is 11.7. The highest BCUT2D eigenvalue weighted by Gasteiger charge is 2.06. The van der Waals surface area contributed by atoms with Crippen LogP contribution in [0.15, 0.2) is 33.4 Å². The van der Waals surface area contributed by atoms with Crippen molar-refractivity contribution in [3.05, 3.63) is 34.5 Å². The summed E-state index contributed by atoms with van der Waals surface area (Å²) in [6.45, 7) is 5.30. The van der Waals surface area contributed by atoms with Crippen LogP contribution in [-0.2, 0) is 6.42 Å². The molecule has 0 saturated carbocycles. The SMILES string of the molecule is CC(C)NCCc1coc2ccc(Br)cc12. The Hall–Kier alpha value is -0.800. The quantitative estimate of drug-likeness (QED) is 0.924. The summed E-state index contributed by atoms with van der Waals surface area (Å²) in [5.74, 6) is 0. The molecule has 0 aliphatic heterocycles. The summed E-state index contributed by atoms with van der Waals surface area (Å²) >= 11 is 3.49. The molecule has 0 saturated heterocycles. The van der Waals surface area contributed by atoms with Crippen molar-refractivity contribution in [3.8, 4) is 0 Å². The number of benzene rings is 1. The van der Waals surface area contributed by atoms with Crippen LogP contribution in [0.1, 0.15) is 19.4 Å². The van der Waals surface area contributed by atoms with Crippen LogP contribution in [0.4, 0.5) is 0 Å². The van der Waals surface area contributed by atoms with Gasteiger partial charge in [0.1, 0.15) is 5.58 Å². The molecule has 1 N–H and O–H groups in total. The van der Waals surface area contributed by atoms with Crippen LogP contribution >= 0.6 is 15.9 Å². The third-order valence-corrected chi connectivity index (χ3v) is 3.06. The lowest BCUT2D eigenvalue weighted by Crippen LogP contribution is -2.24. The van der Waals surface area contributed by atoms with Gasteiger partial charge in [-0.25, -0.2) is 0 Å². The van der Waals surface area contributed by atoms with Gasteiger partial charge >= 0.3 is 0 Å². The molecule has 0 atom stereocenters. The van der Waals surface area contributed by atoms with Gasteiger partial charge in [0.15, 0.2) is 0 Å². The molecule has 86 valence electrons. The van der Waals surface area contributed by atoms with E-state index in [1.807, 2.05) is 18.4 Å². The van der Waals surface area contributed by atoms with Gasteiger partial charge < -0.3 is 9.73 Å². The van der Waals surface area contributed by atoms with E-state index in [9.17, 15) is 0 Å². The molecule has 1 aromatic heterocycles. The zero-order chi connectivity index (χ0) is 11.5. The second-order valence-corrected chi connectivity index (χ2v) is 5.18. The molecule has 2 rings (SSSR count). The molecule has 0 fully saturated rings. The Balaban J connectivity index is 2.15. The first-order chi connectivity index (χ1) is 7.66. The van der Waals surface area contributed by atoms with Crippen LogP contribution < -0.4 is 5.32 Å². The van der Waals surface area contributed by atoms with E-state index in [0.29, 0.717) is 6.04 Å². The maximum Gasteiger partial charge on any atom is 0.134 e. The summed E-state index contributed by atoms with van der Waals surface area (Å²) in [5.41, 5.74) is 2.23. The molecule has 0 amide bonds. The van der Waals surface area contributed by atoms with Crippen molar-refractivity contribution in [2.45, 2.75) is 26.3 Å². The third kappa shape index (κ3) is 2.66. The summed E-state index contributed by atoms with van der Waals surface area (Å²) in [5, 5.41) is 4.62. The van der Waals surface area contributed by atoms with Crippen LogP contribution in [-0.4, -0.2) is 12.6 Å². The normalized spacial score (nSPS) is 11.5. The number of hydrogen-bond donors (Lipinski definition) is 1. The number of hydrogen-bond acceptors (Lipinski definition) is 2. The fourth-order valence-electron chi connectivity index (χ4n) is 1.74. The van der Waals surface area contributed by atoms with E-state index in [1.54, 1.807) is 0 Å². The molecule has 0 aliphatic carbocycles. The van der Waals surface area contributed by atoms with E-state index in [2.05, 4.69) is 41.2 Å². The number of furan rings is 1. The van der Waals surface area contributed by atoms with E-state index in [0.717, 1.165) is 23.0 Å². The summed E-state index contributed by atoms with van der Waals surface area (Å²) in [6.07, 6.45) is 2.86. The van der Waals surface area contributed by atoms with Crippen LogP contribution in [0.5, 0.6) is 0 Å². The number of fused-ring (bicyclic) bond motifs is 1. The summed E-state index contributed by atoms with van der Waals surface area (Å²) in [7, 11) is 0. The second-order valence-electron chi connectivity index (χ2n) is 4.26. The molecular weight excluding hydrogens is 266 g/mol. The molecule has 2 nitrogen and oxygen atoms in total. The lowest BCUT2D eigenvalue weighted by atomic mass is 10.1. The Morgan fingerprint density at radius 2 is 2.19 bits per heavy atom. The number of nitrogens with one attached hydrogen (secondary N) is 1. The predicted octanol–water partition coefficient (Wildman–Crippen LogP) is 3.74. The van der Waals surface area contributed by atoms with Gasteiger partial charge in [-0.1, -0.05) is 29.8 Å². The fraction of sp³-hybridized carbons (Fsp3) is 0.385. The highest BCUT2D eigenvalue weighted by molar-refractivity contribution is 9.10. The van der Waals surface area contributed by atoms with Gasteiger partial charge in [-0.15, -0.1) is 0 Å². The molecule has 1 aromatic carbocycles. The Morgan fingerprint density at radius 3 is 2.94 bits per heavy atom. The Labute approximate surface area is 104 Å². The van der Waals surface area contributed by atoms with Gasteiger partial charge in [0, 0.05) is 15.9 Å². The Morgan fingerprint density at radius 1 is 1.38 bits per heavy atom. The molecule has 2 aromatic rings. The number of halogens is 1. The lowest BCUT2D eigenvalue weighted by Gasteiger charge is -2.06. The zero-order valence-corrected chi connectivity index (χ0v) is 11.2. The van der Waals surface area contributed by atoms with Crippen LogP contribution in [0.25, 0.3) is 11.0 Å². The minimum absolute atomic E-state index is 0.532. The van der Waals surface area contributed by atoms with Crippen LogP contribution in [0.2, 0.25) is 0 Å². The van der Waals surface area contributed by atoms with Crippen molar-refractivity contribution in [1.29, 1.82) is 0 Å². The second kappa shape index (κ2) is 5.02. The van der Waals surface area contributed by atoms with Crippen molar-refractivity contribution in [3.63, 3.8) is 0 Å². The molecule has 0 aliphatic rings. The number of rotatable bonds is 4. The monoisotopic (exact) mass is 281 g/mol. The van der Waals surface area contributed by atoms with Gasteiger partial charge in [0.25, 0.3) is 0 Å². The minimum Gasteiger partial charge on any atom is -0.464 e.